The van der Waals surface area contributed by atoms with Crippen LogP contribution in [0.5, 0.6) is 0 Å². The molecule has 3 aromatic rings. The summed E-state index contributed by atoms with van der Waals surface area (Å²) in [5.74, 6) is -0.281. The van der Waals surface area contributed by atoms with Crippen molar-refractivity contribution in [3.05, 3.63) is 84.2 Å². The minimum atomic E-state index is -3.57. The largest absolute Gasteiger partial charge is 0.348 e. The monoisotopic (exact) mass is 424 g/mol. The molecule has 156 valence electrons. The van der Waals surface area contributed by atoms with Crippen LogP contribution in [-0.2, 0) is 21.4 Å². The van der Waals surface area contributed by atoms with E-state index in [-0.39, 0.29) is 23.4 Å². The summed E-state index contributed by atoms with van der Waals surface area (Å²) in [4.78, 5) is 12.3. The summed E-state index contributed by atoms with van der Waals surface area (Å²) >= 11 is 0. The second-order valence-corrected chi connectivity index (χ2v) is 8.74. The third-order valence-electron chi connectivity index (χ3n) is 4.12. The highest BCUT2D eigenvalue weighted by molar-refractivity contribution is 7.89. The Morgan fingerprint density at radius 1 is 1.13 bits per heavy atom. The van der Waals surface area contributed by atoms with Crippen LogP contribution in [0.25, 0.3) is 11.8 Å². The summed E-state index contributed by atoms with van der Waals surface area (Å²) < 4.78 is 28.8. The van der Waals surface area contributed by atoms with E-state index in [0.29, 0.717) is 5.56 Å². The maximum atomic E-state index is 12.3. The van der Waals surface area contributed by atoms with E-state index in [1.807, 2.05) is 36.5 Å². The first-order chi connectivity index (χ1) is 14.3. The number of nitrogens with zero attached hydrogens (tertiary/aromatic N) is 2. The quantitative estimate of drug-likeness (QED) is 0.544. The molecule has 0 fully saturated rings. The number of carbonyl (C=O) groups is 1. The Labute approximate surface area is 176 Å². The minimum absolute atomic E-state index is 0.173. The van der Waals surface area contributed by atoms with Crippen molar-refractivity contribution in [2.24, 2.45) is 0 Å². The highest BCUT2D eigenvalue weighted by atomic mass is 32.2. The summed E-state index contributed by atoms with van der Waals surface area (Å²) in [6, 6.07) is 16.0. The third kappa shape index (κ3) is 5.88. The Kier molecular flexibility index (Phi) is 6.81. The van der Waals surface area contributed by atoms with Crippen molar-refractivity contribution in [3.63, 3.8) is 0 Å². The summed E-state index contributed by atoms with van der Waals surface area (Å²) in [6.07, 6.45) is 6.60. The molecular formula is C22H24N4O3S. The average Bonchev–Trinajstić information content (AvgIpc) is 3.20. The van der Waals surface area contributed by atoms with Crippen molar-refractivity contribution < 1.29 is 13.2 Å². The van der Waals surface area contributed by atoms with Gasteiger partial charge in [0.05, 0.1) is 16.8 Å². The lowest BCUT2D eigenvalue weighted by Crippen LogP contribution is -2.30. The van der Waals surface area contributed by atoms with Crippen molar-refractivity contribution in [1.29, 1.82) is 0 Å². The van der Waals surface area contributed by atoms with Gasteiger partial charge in [-0.15, -0.1) is 0 Å². The Morgan fingerprint density at radius 3 is 2.63 bits per heavy atom. The molecule has 2 N–H and O–H groups in total. The van der Waals surface area contributed by atoms with Gasteiger partial charge in [-0.1, -0.05) is 30.3 Å². The molecule has 1 aromatic heterocycles. The molecule has 0 aliphatic carbocycles. The first-order valence-electron chi connectivity index (χ1n) is 9.51. The number of hydrogen-bond donors (Lipinski definition) is 2. The van der Waals surface area contributed by atoms with Crippen molar-refractivity contribution >= 4 is 22.0 Å². The van der Waals surface area contributed by atoms with Gasteiger partial charge in [0.25, 0.3) is 0 Å². The zero-order chi connectivity index (χ0) is 21.6. The molecule has 1 amide bonds. The van der Waals surface area contributed by atoms with E-state index < -0.39 is 10.0 Å². The van der Waals surface area contributed by atoms with Gasteiger partial charge in [0.2, 0.25) is 15.9 Å². The Hall–Kier alpha value is -3.23. The molecule has 0 bridgehead atoms. The van der Waals surface area contributed by atoms with Crippen molar-refractivity contribution in [3.8, 4) is 5.69 Å². The number of nitrogens with one attached hydrogen (secondary N) is 2. The van der Waals surface area contributed by atoms with Gasteiger partial charge >= 0.3 is 0 Å². The van der Waals surface area contributed by atoms with Gasteiger partial charge in [-0.3, -0.25) is 4.79 Å². The maximum absolute atomic E-state index is 12.3. The first kappa shape index (κ1) is 21.5. The molecule has 0 atom stereocenters. The fourth-order valence-corrected chi connectivity index (χ4v) is 4.09. The van der Waals surface area contributed by atoms with E-state index in [1.54, 1.807) is 49.0 Å². The smallest absolute Gasteiger partial charge is 0.244 e. The van der Waals surface area contributed by atoms with Crippen LogP contribution < -0.4 is 10.0 Å². The van der Waals surface area contributed by atoms with Gasteiger partial charge in [-0.05, 0) is 49.8 Å². The van der Waals surface area contributed by atoms with E-state index in [0.717, 1.165) is 11.3 Å². The van der Waals surface area contributed by atoms with Gasteiger partial charge < -0.3 is 5.32 Å². The molecule has 3 rings (SSSR count). The van der Waals surface area contributed by atoms with Gasteiger partial charge in [-0.2, -0.15) is 5.10 Å². The van der Waals surface area contributed by atoms with Crippen LogP contribution in [0.2, 0.25) is 0 Å². The molecule has 0 radical (unpaired) electrons. The van der Waals surface area contributed by atoms with Gasteiger partial charge in [0.15, 0.2) is 0 Å². The zero-order valence-corrected chi connectivity index (χ0v) is 17.6. The summed E-state index contributed by atoms with van der Waals surface area (Å²) in [7, 11) is -3.57. The van der Waals surface area contributed by atoms with Crippen LogP contribution in [0.1, 0.15) is 25.0 Å². The number of hydrogen-bond acceptors (Lipinski definition) is 4. The van der Waals surface area contributed by atoms with Gasteiger partial charge in [0.1, 0.15) is 0 Å². The predicted molar refractivity (Wildman–Crippen MR) is 116 cm³/mol. The zero-order valence-electron chi connectivity index (χ0n) is 16.8. The minimum Gasteiger partial charge on any atom is -0.348 e. The highest BCUT2D eigenvalue weighted by Gasteiger charge is 2.15. The normalized spacial score (nSPS) is 11.8. The number of sulfonamides is 1. The van der Waals surface area contributed by atoms with Crippen LogP contribution in [0.3, 0.4) is 0 Å². The summed E-state index contributed by atoms with van der Waals surface area (Å²) in [5, 5.41) is 7.04. The standard InChI is InChI=1S/C22H24N4O3S/c1-17(2)25-30(28,29)21-10-6-7-18(13-21)14-23-22(27)12-11-19-15-24-26(16-19)20-8-4-3-5-9-20/h3-13,15-17,25H,14H2,1-2H3,(H,23,27)/b12-11+. The van der Waals surface area contributed by atoms with E-state index in [2.05, 4.69) is 15.1 Å². The Balaban J connectivity index is 1.59. The van der Waals surface area contributed by atoms with E-state index in [1.165, 1.54) is 12.1 Å². The lowest BCUT2D eigenvalue weighted by Gasteiger charge is -2.10. The van der Waals surface area contributed by atoms with Crippen LogP contribution in [0.15, 0.2) is 78.0 Å². The number of amides is 1. The Morgan fingerprint density at radius 2 is 1.90 bits per heavy atom. The van der Waals surface area contributed by atoms with E-state index in [9.17, 15) is 13.2 Å². The number of para-hydroxylation sites is 1. The lowest BCUT2D eigenvalue weighted by atomic mass is 10.2. The molecule has 0 saturated heterocycles. The first-order valence-corrected chi connectivity index (χ1v) is 11.0. The second kappa shape index (κ2) is 9.51. The van der Waals surface area contributed by atoms with Gasteiger partial charge in [0, 0.05) is 30.4 Å². The highest BCUT2D eigenvalue weighted by Crippen LogP contribution is 2.12. The topological polar surface area (TPSA) is 93.1 Å². The molecule has 7 nitrogen and oxygen atoms in total. The molecule has 2 aromatic carbocycles. The van der Waals surface area contributed by atoms with Crippen LogP contribution >= 0.6 is 0 Å². The summed E-state index contributed by atoms with van der Waals surface area (Å²) in [6.45, 7) is 3.74. The van der Waals surface area contributed by atoms with E-state index in [4.69, 9.17) is 0 Å². The van der Waals surface area contributed by atoms with E-state index >= 15 is 0 Å². The molecular weight excluding hydrogens is 400 g/mol. The molecule has 1 heterocycles. The van der Waals surface area contributed by atoms with Crippen molar-refractivity contribution in [2.75, 3.05) is 0 Å². The number of carbonyl (C=O) groups excluding carboxylic acids is 1. The predicted octanol–water partition coefficient (Wildman–Crippen LogP) is 2.89. The fraction of sp³-hybridized carbons (Fsp3) is 0.182. The molecule has 0 saturated carbocycles. The molecule has 0 spiro atoms. The fourth-order valence-electron chi connectivity index (χ4n) is 2.77. The molecule has 0 aliphatic rings. The summed E-state index contributed by atoms with van der Waals surface area (Å²) in [5.41, 5.74) is 2.42. The lowest BCUT2D eigenvalue weighted by molar-refractivity contribution is -0.116. The number of aromatic nitrogens is 2. The SMILES string of the molecule is CC(C)NS(=O)(=O)c1cccc(CNC(=O)/C=C/c2cnn(-c3ccccc3)c2)c1. The number of rotatable bonds is 8. The second-order valence-electron chi connectivity index (χ2n) is 7.03. The van der Waals surface area contributed by atoms with Crippen LogP contribution in [0, 0.1) is 0 Å². The molecule has 8 heteroatoms. The third-order valence-corrected chi connectivity index (χ3v) is 5.77. The Bertz CT molecular complexity index is 1140. The van der Waals surface area contributed by atoms with Crippen molar-refractivity contribution in [2.45, 2.75) is 31.3 Å². The van der Waals surface area contributed by atoms with Crippen molar-refractivity contribution in [1.82, 2.24) is 19.8 Å². The van der Waals surface area contributed by atoms with Crippen LogP contribution in [0.4, 0.5) is 0 Å². The molecule has 0 unspecified atom stereocenters. The maximum Gasteiger partial charge on any atom is 0.244 e. The average molecular weight is 425 g/mol. The number of benzene rings is 2. The van der Waals surface area contributed by atoms with Gasteiger partial charge in [-0.25, -0.2) is 17.8 Å². The van der Waals surface area contributed by atoms with Crippen LogP contribution in [-0.4, -0.2) is 30.1 Å². The molecule has 30 heavy (non-hydrogen) atoms. The molecule has 0 aliphatic heterocycles.